The molecule has 4 saturated heterocycles. The summed E-state index contributed by atoms with van der Waals surface area (Å²) in [7, 11) is 0. The highest BCUT2D eigenvalue weighted by molar-refractivity contribution is 7.22. The van der Waals surface area contributed by atoms with E-state index in [9.17, 15) is 4.79 Å². The van der Waals surface area contributed by atoms with Crippen molar-refractivity contribution in [2.45, 2.75) is 31.7 Å². The maximum absolute atomic E-state index is 12.7. The Bertz CT molecular complexity index is 790. The van der Waals surface area contributed by atoms with E-state index in [-0.39, 0.29) is 11.9 Å². The van der Waals surface area contributed by atoms with Crippen LogP contribution in [0.2, 0.25) is 0 Å². The Morgan fingerprint density at radius 2 is 1.96 bits per heavy atom. The number of rotatable bonds is 3. The molecular weight excluding hydrogens is 332 g/mol. The molecule has 1 atom stereocenters. The summed E-state index contributed by atoms with van der Waals surface area (Å²) in [6, 6.07) is 4.47. The molecule has 0 spiro atoms. The van der Waals surface area contributed by atoms with Gasteiger partial charge in [-0.05, 0) is 56.8 Å². The van der Waals surface area contributed by atoms with Crippen molar-refractivity contribution in [2.75, 3.05) is 37.6 Å². The molecule has 5 nitrogen and oxygen atoms in total. The van der Waals surface area contributed by atoms with Crippen molar-refractivity contribution in [3.63, 3.8) is 0 Å². The molecule has 0 saturated carbocycles. The van der Waals surface area contributed by atoms with Gasteiger partial charge in [-0.2, -0.15) is 0 Å². The fraction of sp³-hybridized carbons (Fsp3) is 0.579. The maximum atomic E-state index is 12.7. The van der Waals surface area contributed by atoms with Gasteiger partial charge < -0.3 is 15.1 Å². The number of hydrogen-bond donors (Lipinski definition) is 1. The first-order valence-corrected chi connectivity index (χ1v) is 10.3. The molecule has 0 radical (unpaired) electrons. The smallest absolute Gasteiger partial charge is 0.270 e. The molecule has 6 heteroatoms. The zero-order valence-corrected chi connectivity index (χ0v) is 15.2. The number of hydrogen-bond acceptors (Lipinski definition) is 5. The van der Waals surface area contributed by atoms with Crippen molar-refractivity contribution in [1.82, 2.24) is 15.2 Å². The molecule has 132 valence electrons. The van der Waals surface area contributed by atoms with Gasteiger partial charge in [-0.15, -0.1) is 11.3 Å². The first-order valence-electron chi connectivity index (χ1n) is 9.44. The number of amides is 1. The summed E-state index contributed by atoms with van der Waals surface area (Å²) in [4.78, 5) is 22.0. The van der Waals surface area contributed by atoms with E-state index in [1.54, 1.807) is 11.3 Å². The minimum absolute atomic E-state index is 0.0169. The van der Waals surface area contributed by atoms with Crippen LogP contribution in [0.15, 0.2) is 18.3 Å². The lowest BCUT2D eigenvalue weighted by atomic mass is 9.84. The van der Waals surface area contributed by atoms with Crippen LogP contribution in [-0.4, -0.2) is 54.6 Å². The van der Waals surface area contributed by atoms with Crippen molar-refractivity contribution in [3.05, 3.63) is 24.0 Å². The number of nitrogens with zero attached hydrogens (tertiary/aromatic N) is 3. The highest BCUT2D eigenvalue weighted by Crippen LogP contribution is 2.34. The van der Waals surface area contributed by atoms with E-state index in [1.165, 1.54) is 43.8 Å². The number of anilines is 1. The second-order valence-corrected chi connectivity index (χ2v) is 8.67. The number of carbonyl (C=O) groups is 1. The summed E-state index contributed by atoms with van der Waals surface area (Å²) >= 11 is 1.78. The highest BCUT2D eigenvalue weighted by Gasteiger charge is 2.35. The van der Waals surface area contributed by atoms with E-state index < -0.39 is 0 Å². The van der Waals surface area contributed by atoms with Gasteiger partial charge in [0.2, 0.25) is 0 Å². The number of fused-ring (bicyclic) bond motifs is 4. The van der Waals surface area contributed by atoms with Gasteiger partial charge in [0.1, 0.15) is 5.69 Å². The Labute approximate surface area is 152 Å². The van der Waals surface area contributed by atoms with Gasteiger partial charge in [0.15, 0.2) is 0 Å². The molecule has 1 N–H and O–H groups in total. The molecule has 6 heterocycles. The fourth-order valence-electron chi connectivity index (χ4n) is 4.51. The van der Waals surface area contributed by atoms with Gasteiger partial charge in [0, 0.05) is 42.0 Å². The van der Waals surface area contributed by atoms with E-state index in [2.05, 4.69) is 26.2 Å². The Balaban J connectivity index is 1.34. The third-order valence-corrected chi connectivity index (χ3v) is 7.17. The molecule has 4 aliphatic rings. The molecule has 0 aromatic carbocycles. The van der Waals surface area contributed by atoms with Crippen LogP contribution < -0.4 is 10.2 Å². The predicted octanol–water partition coefficient (Wildman–Crippen LogP) is 2.72. The van der Waals surface area contributed by atoms with Gasteiger partial charge in [-0.3, -0.25) is 9.78 Å². The van der Waals surface area contributed by atoms with E-state index in [0.717, 1.165) is 29.7 Å². The second kappa shape index (κ2) is 6.25. The highest BCUT2D eigenvalue weighted by atomic mass is 32.1. The van der Waals surface area contributed by atoms with Crippen molar-refractivity contribution in [3.8, 4) is 0 Å². The van der Waals surface area contributed by atoms with Crippen molar-refractivity contribution in [2.24, 2.45) is 5.92 Å². The quantitative estimate of drug-likeness (QED) is 0.919. The molecule has 2 bridgehead atoms. The average molecular weight is 356 g/mol. The minimum atomic E-state index is -0.0169. The van der Waals surface area contributed by atoms with Crippen molar-refractivity contribution < 1.29 is 4.79 Å². The van der Waals surface area contributed by atoms with Gasteiger partial charge in [0.05, 0.1) is 5.00 Å². The molecule has 4 aliphatic heterocycles. The zero-order valence-electron chi connectivity index (χ0n) is 14.4. The van der Waals surface area contributed by atoms with E-state index in [4.69, 9.17) is 0 Å². The zero-order chi connectivity index (χ0) is 16.8. The SMILES string of the molecule is O=C(NC1CN2CCC1CC2)c1cc2sc(N3CCCC3)cc2cn1. The standard InChI is InChI=1S/C19H24N4OS/c24-19(21-16-12-22-7-3-13(16)4-8-22)15-10-17-14(11-20-15)9-18(25-17)23-5-1-2-6-23/h9-11,13,16H,1-8,12H2,(H,21,24). The molecule has 25 heavy (non-hydrogen) atoms. The average Bonchev–Trinajstić information content (AvgIpc) is 3.31. The molecular formula is C19H24N4OS. The Morgan fingerprint density at radius 3 is 2.68 bits per heavy atom. The van der Waals surface area contributed by atoms with Gasteiger partial charge in [-0.1, -0.05) is 0 Å². The normalized spacial score (nSPS) is 28.6. The molecule has 6 rings (SSSR count). The van der Waals surface area contributed by atoms with Crippen LogP contribution in [0.25, 0.3) is 10.1 Å². The summed E-state index contributed by atoms with van der Waals surface area (Å²) in [5, 5.41) is 5.70. The minimum Gasteiger partial charge on any atom is -0.363 e. The maximum Gasteiger partial charge on any atom is 0.270 e. The molecule has 0 aliphatic carbocycles. The lowest BCUT2D eigenvalue weighted by molar-refractivity contribution is 0.0618. The van der Waals surface area contributed by atoms with Crippen LogP contribution in [0.1, 0.15) is 36.2 Å². The molecule has 2 aromatic rings. The summed E-state index contributed by atoms with van der Waals surface area (Å²) in [5.74, 6) is 0.623. The number of pyridine rings is 1. The molecule has 2 aromatic heterocycles. The lowest BCUT2D eigenvalue weighted by Gasteiger charge is -2.44. The Hall–Kier alpha value is -1.66. The largest absolute Gasteiger partial charge is 0.363 e. The molecule has 4 fully saturated rings. The summed E-state index contributed by atoms with van der Waals surface area (Å²) in [6.45, 7) is 5.67. The first kappa shape index (κ1) is 15.6. The molecule has 1 unspecified atom stereocenters. The lowest BCUT2D eigenvalue weighted by Crippen LogP contribution is -2.57. The monoisotopic (exact) mass is 356 g/mol. The predicted molar refractivity (Wildman–Crippen MR) is 101 cm³/mol. The van der Waals surface area contributed by atoms with Gasteiger partial charge in [-0.25, -0.2) is 0 Å². The summed E-state index contributed by atoms with van der Waals surface area (Å²) in [5.41, 5.74) is 0.554. The molecule has 1 amide bonds. The number of thiophene rings is 1. The van der Waals surface area contributed by atoms with Crippen LogP contribution in [0, 0.1) is 5.92 Å². The van der Waals surface area contributed by atoms with Crippen LogP contribution >= 0.6 is 11.3 Å². The van der Waals surface area contributed by atoms with E-state index in [0.29, 0.717) is 11.6 Å². The Kier molecular flexibility index (Phi) is 3.90. The topological polar surface area (TPSA) is 48.5 Å². The number of nitrogens with one attached hydrogen (secondary N) is 1. The number of aromatic nitrogens is 1. The van der Waals surface area contributed by atoms with Crippen LogP contribution in [-0.2, 0) is 0 Å². The number of carbonyl (C=O) groups excluding carboxylic acids is 1. The third kappa shape index (κ3) is 2.91. The van der Waals surface area contributed by atoms with Crippen molar-refractivity contribution in [1.29, 1.82) is 0 Å². The van der Waals surface area contributed by atoms with Crippen LogP contribution in [0.5, 0.6) is 0 Å². The second-order valence-electron chi connectivity index (χ2n) is 7.60. The number of piperidine rings is 3. The summed E-state index contributed by atoms with van der Waals surface area (Å²) in [6.07, 6.45) is 6.83. The first-order chi connectivity index (χ1) is 12.3. The van der Waals surface area contributed by atoms with Crippen LogP contribution in [0.3, 0.4) is 0 Å². The van der Waals surface area contributed by atoms with Gasteiger partial charge in [0.25, 0.3) is 5.91 Å². The van der Waals surface area contributed by atoms with Crippen molar-refractivity contribution >= 4 is 32.3 Å². The van der Waals surface area contributed by atoms with E-state index in [1.807, 2.05) is 12.3 Å². The summed E-state index contributed by atoms with van der Waals surface area (Å²) < 4.78 is 1.16. The fourth-order valence-corrected chi connectivity index (χ4v) is 5.63. The van der Waals surface area contributed by atoms with E-state index >= 15 is 0 Å². The van der Waals surface area contributed by atoms with Crippen LogP contribution in [0.4, 0.5) is 5.00 Å². The van der Waals surface area contributed by atoms with Gasteiger partial charge >= 0.3 is 0 Å². The Morgan fingerprint density at radius 1 is 1.16 bits per heavy atom. The third-order valence-electron chi connectivity index (χ3n) is 6.01.